The summed E-state index contributed by atoms with van der Waals surface area (Å²) in [6.45, 7) is 1.13. The molecule has 2 aromatic carbocycles. The largest absolute Gasteiger partial charge is 0.453 e. The van der Waals surface area contributed by atoms with Gasteiger partial charge in [-0.2, -0.15) is 0 Å². The monoisotopic (exact) mass is 368 g/mol. The third-order valence-corrected chi connectivity index (χ3v) is 5.44. The van der Waals surface area contributed by atoms with Crippen LogP contribution in [0.25, 0.3) is 21.2 Å². The molecule has 5 nitrogen and oxygen atoms in total. The van der Waals surface area contributed by atoms with Crippen LogP contribution in [-0.4, -0.2) is 30.1 Å². The number of para-hydroxylation sites is 1. The van der Waals surface area contributed by atoms with Gasteiger partial charge in [-0.3, -0.25) is 0 Å². The maximum Gasteiger partial charge on any atom is 0.374 e. The fourth-order valence-corrected chi connectivity index (χ4v) is 3.99. The summed E-state index contributed by atoms with van der Waals surface area (Å²) < 4.78 is 25.1. The van der Waals surface area contributed by atoms with Gasteiger partial charge < -0.3 is 14.1 Å². The van der Waals surface area contributed by atoms with Gasteiger partial charge in [0.15, 0.2) is 5.13 Å². The number of hydrogen-bond donors (Lipinski definition) is 0. The van der Waals surface area contributed by atoms with Gasteiger partial charge >= 0.3 is 5.97 Å². The number of benzene rings is 2. The molecule has 1 aliphatic rings. The molecule has 4 aromatic rings. The number of fused-ring (bicyclic) bond motifs is 2. The van der Waals surface area contributed by atoms with Crippen LogP contribution in [0.2, 0.25) is 0 Å². The second kappa shape index (κ2) is 5.81. The summed E-state index contributed by atoms with van der Waals surface area (Å²) in [5.41, 5.74) is 1.44. The number of anilines is 1. The summed E-state index contributed by atoms with van der Waals surface area (Å²) in [4.78, 5) is 18.8. The molecule has 5 rings (SSSR count). The highest BCUT2D eigenvalue weighted by Crippen LogP contribution is 2.32. The van der Waals surface area contributed by atoms with E-state index >= 15 is 0 Å². The number of rotatable bonds is 3. The highest BCUT2D eigenvalue weighted by Gasteiger charge is 2.33. The first kappa shape index (κ1) is 15.3. The standard InChI is InChI=1S/C19H13FN2O3S/c20-12-5-6-14-17(8-12)26-19(21-14)22-9-13(10-22)24-18(23)16-7-11-3-1-2-4-15(11)25-16/h1-8,13H,9-10H2. The number of carbonyl (C=O) groups is 1. The smallest absolute Gasteiger partial charge is 0.374 e. The lowest BCUT2D eigenvalue weighted by Crippen LogP contribution is -2.53. The molecule has 1 saturated heterocycles. The number of halogens is 1. The number of ether oxygens (including phenoxy) is 1. The number of aromatic nitrogens is 1. The van der Waals surface area contributed by atoms with Gasteiger partial charge in [0.1, 0.15) is 17.5 Å². The molecule has 0 atom stereocenters. The molecule has 130 valence electrons. The Labute approximate surface area is 151 Å². The molecule has 7 heteroatoms. The molecule has 2 aromatic heterocycles. The normalized spacial score (nSPS) is 14.7. The van der Waals surface area contributed by atoms with Crippen molar-refractivity contribution < 1.29 is 18.3 Å². The first-order valence-corrected chi connectivity index (χ1v) is 8.98. The lowest BCUT2D eigenvalue weighted by atomic mass is 10.2. The number of esters is 1. The molecule has 0 saturated carbocycles. The van der Waals surface area contributed by atoms with Gasteiger partial charge in [-0.25, -0.2) is 14.2 Å². The molecule has 26 heavy (non-hydrogen) atoms. The Balaban J connectivity index is 1.25. The van der Waals surface area contributed by atoms with Gasteiger partial charge in [0, 0.05) is 5.39 Å². The van der Waals surface area contributed by atoms with Gasteiger partial charge in [-0.15, -0.1) is 0 Å². The Kier molecular flexibility index (Phi) is 3.43. The van der Waals surface area contributed by atoms with E-state index in [1.165, 1.54) is 23.5 Å². The number of thiazole rings is 1. The first-order chi connectivity index (χ1) is 12.7. The summed E-state index contributed by atoms with van der Waals surface area (Å²) in [5, 5.41) is 1.68. The molecule has 0 unspecified atom stereocenters. The van der Waals surface area contributed by atoms with Crippen molar-refractivity contribution in [3.63, 3.8) is 0 Å². The first-order valence-electron chi connectivity index (χ1n) is 8.16. The minimum atomic E-state index is -0.461. The van der Waals surface area contributed by atoms with E-state index in [1.807, 2.05) is 29.2 Å². The van der Waals surface area contributed by atoms with E-state index in [-0.39, 0.29) is 17.7 Å². The van der Waals surface area contributed by atoms with Crippen LogP contribution in [0.3, 0.4) is 0 Å². The molecular weight excluding hydrogens is 355 g/mol. The minimum Gasteiger partial charge on any atom is -0.453 e. The summed E-state index contributed by atoms with van der Waals surface area (Å²) in [7, 11) is 0. The van der Waals surface area contributed by atoms with Crippen LogP contribution in [0.15, 0.2) is 52.9 Å². The second-order valence-electron chi connectivity index (χ2n) is 6.19. The number of nitrogens with zero attached hydrogens (tertiary/aromatic N) is 2. The Hall–Kier alpha value is -2.93. The minimum absolute atomic E-state index is 0.208. The fraction of sp³-hybridized carbons (Fsp3) is 0.158. The lowest BCUT2D eigenvalue weighted by Gasteiger charge is -2.37. The fourth-order valence-electron chi connectivity index (χ4n) is 2.98. The Morgan fingerprint density at radius 3 is 2.92 bits per heavy atom. The topological polar surface area (TPSA) is 55.6 Å². The Morgan fingerprint density at radius 2 is 2.08 bits per heavy atom. The molecule has 0 radical (unpaired) electrons. The van der Waals surface area contributed by atoms with Crippen molar-refractivity contribution in [2.24, 2.45) is 0 Å². The lowest BCUT2D eigenvalue weighted by molar-refractivity contribution is 0.0202. The van der Waals surface area contributed by atoms with Crippen molar-refractivity contribution in [2.75, 3.05) is 18.0 Å². The van der Waals surface area contributed by atoms with Crippen molar-refractivity contribution in [2.45, 2.75) is 6.10 Å². The molecule has 0 spiro atoms. The zero-order chi connectivity index (χ0) is 17.7. The molecule has 3 heterocycles. The number of hydrogen-bond acceptors (Lipinski definition) is 6. The zero-order valence-corrected chi connectivity index (χ0v) is 14.3. The maximum atomic E-state index is 13.3. The van der Waals surface area contributed by atoms with Crippen molar-refractivity contribution in [3.05, 3.63) is 60.1 Å². The van der Waals surface area contributed by atoms with E-state index < -0.39 is 5.97 Å². The van der Waals surface area contributed by atoms with Gasteiger partial charge in [-0.1, -0.05) is 29.5 Å². The third-order valence-electron chi connectivity index (χ3n) is 4.36. The third kappa shape index (κ3) is 2.61. The van der Waals surface area contributed by atoms with E-state index in [9.17, 15) is 9.18 Å². The highest BCUT2D eigenvalue weighted by atomic mass is 32.1. The molecular formula is C19H13FN2O3S. The summed E-state index contributed by atoms with van der Waals surface area (Å²) >= 11 is 1.43. The number of carbonyl (C=O) groups excluding carboxylic acids is 1. The second-order valence-corrected chi connectivity index (χ2v) is 7.20. The predicted molar refractivity (Wildman–Crippen MR) is 97.2 cm³/mol. The van der Waals surface area contributed by atoms with Crippen molar-refractivity contribution in [1.29, 1.82) is 0 Å². The van der Waals surface area contributed by atoms with Crippen LogP contribution < -0.4 is 4.90 Å². The Bertz CT molecular complexity index is 1100. The summed E-state index contributed by atoms with van der Waals surface area (Å²) in [5.74, 6) is -0.522. The van der Waals surface area contributed by atoms with E-state index in [1.54, 1.807) is 12.1 Å². The van der Waals surface area contributed by atoms with Crippen LogP contribution in [-0.2, 0) is 4.74 Å². The van der Waals surface area contributed by atoms with Gasteiger partial charge in [-0.05, 0) is 30.3 Å². The summed E-state index contributed by atoms with van der Waals surface area (Å²) in [6, 6.07) is 13.7. The zero-order valence-electron chi connectivity index (χ0n) is 13.5. The van der Waals surface area contributed by atoms with E-state index in [4.69, 9.17) is 9.15 Å². The van der Waals surface area contributed by atoms with Gasteiger partial charge in [0.05, 0.1) is 23.3 Å². The average molecular weight is 368 g/mol. The van der Waals surface area contributed by atoms with Crippen molar-refractivity contribution in [3.8, 4) is 0 Å². The SMILES string of the molecule is O=C(OC1CN(c2nc3ccc(F)cc3s2)C1)c1cc2ccccc2o1. The van der Waals surface area contributed by atoms with Crippen molar-refractivity contribution in [1.82, 2.24) is 4.98 Å². The Morgan fingerprint density at radius 1 is 1.23 bits per heavy atom. The predicted octanol–water partition coefficient (Wildman–Crippen LogP) is 4.23. The van der Waals surface area contributed by atoms with Crippen molar-refractivity contribution >= 4 is 43.6 Å². The molecule has 0 amide bonds. The molecule has 0 bridgehead atoms. The van der Waals surface area contributed by atoms with Crippen LogP contribution >= 0.6 is 11.3 Å². The van der Waals surface area contributed by atoms with Crippen LogP contribution in [0.5, 0.6) is 0 Å². The number of furan rings is 1. The molecule has 0 aliphatic carbocycles. The molecule has 1 fully saturated rings. The van der Waals surface area contributed by atoms with Gasteiger partial charge in [0.2, 0.25) is 5.76 Å². The quantitative estimate of drug-likeness (QED) is 0.507. The van der Waals surface area contributed by atoms with Crippen LogP contribution in [0.4, 0.5) is 9.52 Å². The van der Waals surface area contributed by atoms with E-state index in [2.05, 4.69) is 4.98 Å². The maximum absolute atomic E-state index is 13.3. The molecule has 1 aliphatic heterocycles. The highest BCUT2D eigenvalue weighted by molar-refractivity contribution is 7.22. The van der Waals surface area contributed by atoms with Gasteiger partial charge in [0.25, 0.3) is 0 Å². The molecule has 0 N–H and O–H groups in total. The summed E-state index contributed by atoms with van der Waals surface area (Å²) in [6.07, 6.45) is -0.209. The van der Waals surface area contributed by atoms with E-state index in [0.717, 1.165) is 20.7 Å². The van der Waals surface area contributed by atoms with Crippen LogP contribution in [0.1, 0.15) is 10.6 Å². The van der Waals surface area contributed by atoms with E-state index in [0.29, 0.717) is 18.7 Å². The average Bonchev–Trinajstić information content (AvgIpc) is 3.20. The van der Waals surface area contributed by atoms with Crippen LogP contribution in [0, 0.1) is 5.82 Å².